The molecule has 1 heterocycles. The Bertz CT molecular complexity index is 265. The van der Waals surface area contributed by atoms with Crippen LogP contribution in [0.5, 0.6) is 0 Å². The number of nitrogens with one attached hydrogen (secondary N) is 1. The van der Waals surface area contributed by atoms with Gasteiger partial charge in [-0.25, -0.2) is 4.98 Å². The molecule has 72 valence electrons. The molecule has 0 aliphatic carbocycles. The van der Waals surface area contributed by atoms with Gasteiger partial charge < -0.3 is 11.1 Å². The van der Waals surface area contributed by atoms with E-state index in [-0.39, 0.29) is 0 Å². The fourth-order valence-corrected chi connectivity index (χ4v) is 1.02. The van der Waals surface area contributed by atoms with Gasteiger partial charge in [-0.1, -0.05) is 6.92 Å². The molecule has 0 radical (unpaired) electrons. The molecule has 1 atom stereocenters. The van der Waals surface area contributed by atoms with Gasteiger partial charge in [0.2, 0.25) is 5.95 Å². The van der Waals surface area contributed by atoms with Gasteiger partial charge in [0.05, 0.1) is 0 Å². The zero-order chi connectivity index (χ0) is 9.84. The fourth-order valence-electron chi connectivity index (χ4n) is 1.02. The van der Waals surface area contributed by atoms with E-state index < -0.39 is 0 Å². The summed E-state index contributed by atoms with van der Waals surface area (Å²) < 4.78 is 0. The van der Waals surface area contributed by atoms with E-state index in [1.54, 1.807) is 0 Å². The van der Waals surface area contributed by atoms with E-state index in [9.17, 15) is 0 Å². The monoisotopic (exact) mass is 180 g/mol. The number of hydrogen-bond donors (Lipinski definition) is 2. The predicted molar refractivity (Wildman–Crippen MR) is 54.6 cm³/mol. The van der Waals surface area contributed by atoms with Crippen LogP contribution in [0, 0.1) is 6.92 Å². The third-order valence-corrected chi connectivity index (χ3v) is 1.88. The lowest BCUT2D eigenvalue weighted by molar-refractivity contribution is 0.758. The first-order valence-corrected chi connectivity index (χ1v) is 4.49. The Balaban J connectivity index is 2.77. The van der Waals surface area contributed by atoms with Gasteiger partial charge in [-0.3, -0.25) is 0 Å². The van der Waals surface area contributed by atoms with E-state index in [0.717, 1.165) is 17.9 Å². The van der Waals surface area contributed by atoms with E-state index in [0.29, 0.717) is 12.0 Å². The lowest BCUT2D eigenvalue weighted by atomic mass is 10.2. The Kier molecular flexibility index (Phi) is 3.06. The number of hydrogen-bond acceptors (Lipinski definition) is 4. The molecule has 0 spiro atoms. The van der Waals surface area contributed by atoms with Crippen molar-refractivity contribution in [2.45, 2.75) is 33.2 Å². The Morgan fingerprint density at radius 3 is 2.77 bits per heavy atom. The maximum Gasteiger partial charge on any atom is 0.222 e. The normalized spacial score (nSPS) is 12.5. The quantitative estimate of drug-likeness (QED) is 0.741. The molecule has 3 N–H and O–H groups in total. The van der Waals surface area contributed by atoms with E-state index in [1.165, 1.54) is 0 Å². The summed E-state index contributed by atoms with van der Waals surface area (Å²) in [7, 11) is 0. The van der Waals surface area contributed by atoms with E-state index >= 15 is 0 Å². The summed E-state index contributed by atoms with van der Waals surface area (Å²) >= 11 is 0. The van der Waals surface area contributed by atoms with Crippen molar-refractivity contribution in [3.05, 3.63) is 11.8 Å². The van der Waals surface area contributed by atoms with Crippen LogP contribution in [0.15, 0.2) is 6.07 Å². The van der Waals surface area contributed by atoms with Crippen LogP contribution in [0.3, 0.4) is 0 Å². The summed E-state index contributed by atoms with van der Waals surface area (Å²) in [6.45, 7) is 6.13. The topological polar surface area (TPSA) is 63.8 Å². The molecule has 13 heavy (non-hydrogen) atoms. The molecule has 0 fully saturated rings. The van der Waals surface area contributed by atoms with Crippen LogP contribution >= 0.6 is 0 Å². The maximum atomic E-state index is 5.51. The third kappa shape index (κ3) is 2.89. The molecule has 0 bridgehead atoms. The molecule has 0 aliphatic rings. The van der Waals surface area contributed by atoms with Crippen molar-refractivity contribution in [1.29, 1.82) is 0 Å². The zero-order valence-electron chi connectivity index (χ0n) is 8.33. The first-order chi connectivity index (χ1) is 6.11. The van der Waals surface area contributed by atoms with Crippen molar-refractivity contribution in [3.8, 4) is 0 Å². The number of nitrogen functional groups attached to an aromatic ring is 1. The van der Waals surface area contributed by atoms with Crippen LogP contribution < -0.4 is 11.1 Å². The molecule has 1 aromatic heterocycles. The Morgan fingerprint density at radius 1 is 1.54 bits per heavy atom. The van der Waals surface area contributed by atoms with Crippen molar-refractivity contribution >= 4 is 11.8 Å². The van der Waals surface area contributed by atoms with Crippen LogP contribution in [0.1, 0.15) is 26.0 Å². The summed E-state index contributed by atoms with van der Waals surface area (Å²) in [5, 5.41) is 3.24. The molecule has 0 saturated carbocycles. The molecule has 1 unspecified atom stereocenters. The predicted octanol–water partition coefficient (Wildman–Crippen LogP) is 1.58. The Hall–Kier alpha value is -1.32. The number of anilines is 2. The van der Waals surface area contributed by atoms with Crippen molar-refractivity contribution in [2.75, 3.05) is 11.1 Å². The van der Waals surface area contributed by atoms with E-state index in [2.05, 4.69) is 29.1 Å². The van der Waals surface area contributed by atoms with E-state index in [4.69, 9.17) is 5.73 Å². The van der Waals surface area contributed by atoms with Gasteiger partial charge in [-0.05, 0) is 20.3 Å². The lowest BCUT2D eigenvalue weighted by Gasteiger charge is -2.12. The highest BCUT2D eigenvalue weighted by Gasteiger charge is 2.01. The molecule has 4 heteroatoms. The first-order valence-electron chi connectivity index (χ1n) is 4.49. The summed E-state index contributed by atoms with van der Waals surface area (Å²) in [5.74, 6) is 1.13. The van der Waals surface area contributed by atoms with Crippen molar-refractivity contribution in [2.24, 2.45) is 0 Å². The second-order valence-corrected chi connectivity index (χ2v) is 3.21. The Morgan fingerprint density at radius 2 is 2.23 bits per heavy atom. The highest BCUT2D eigenvalue weighted by molar-refractivity contribution is 5.40. The molecule has 0 aliphatic heterocycles. The minimum absolute atomic E-state index is 0.325. The number of nitrogens with zero attached hydrogens (tertiary/aromatic N) is 2. The first kappa shape index (κ1) is 9.77. The molecular weight excluding hydrogens is 164 g/mol. The number of aryl methyl sites for hydroxylation is 1. The summed E-state index contributed by atoms with van der Waals surface area (Å²) in [4.78, 5) is 8.07. The second kappa shape index (κ2) is 4.07. The van der Waals surface area contributed by atoms with Gasteiger partial charge in [0.25, 0.3) is 0 Å². The average Bonchev–Trinajstić information content (AvgIpc) is 2.02. The van der Waals surface area contributed by atoms with Gasteiger partial charge in [0.1, 0.15) is 5.82 Å². The highest BCUT2D eigenvalue weighted by atomic mass is 15.1. The molecule has 1 aromatic rings. The van der Waals surface area contributed by atoms with Gasteiger partial charge in [-0.2, -0.15) is 4.98 Å². The highest BCUT2D eigenvalue weighted by Crippen LogP contribution is 2.09. The van der Waals surface area contributed by atoms with Crippen molar-refractivity contribution in [1.82, 2.24) is 9.97 Å². The van der Waals surface area contributed by atoms with Crippen LogP contribution in [0.4, 0.5) is 11.8 Å². The van der Waals surface area contributed by atoms with E-state index in [1.807, 2.05) is 13.0 Å². The standard InChI is InChI=1S/C9H16N4/c1-4-6(2)11-8-5-7(3)12-9(10)13-8/h5-6H,4H2,1-3H3,(H3,10,11,12,13). The molecule has 0 saturated heterocycles. The van der Waals surface area contributed by atoms with Crippen molar-refractivity contribution in [3.63, 3.8) is 0 Å². The van der Waals surface area contributed by atoms with Crippen LogP contribution in [0.2, 0.25) is 0 Å². The van der Waals surface area contributed by atoms with Crippen LogP contribution in [-0.4, -0.2) is 16.0 Å². The van der Waals surface area contributed by atoms with Crippen molar-refractivity contribution < 1.29 is 0 Å². The SMILES string of the molecule is CCC(C)Nc1cc(C)nc(N)n1. The van der Waals surface area contributed by atoms with Crippen LogP contribution in [0.25, 0.3) is 0 Å². The number of aromatic nitrogens is 2. The molecule has 1 rings (SSSR count). The minimum atomic E-state index is 0.325. The zero-order valence-corrected chi connectivity index (χ0v) is 8.33. The molecular formula is C9H16N4. The molecule has 0 amide bonds. The number of rotatable bonds is 3. The lowest BCUT2D eigenvalue weighted by Crippen LogP contribution is -2.15. The van der Waals surface area contributed by atoms with Gasteiger partial charge in [0, 0.05) is 17.8 Å². The van der Waals surface area contributed by atoms with Gasteiger partial charge >= 0.3 is 0 Å². The average molecular weight is 180 g/mol. The number of nitrogens with two attached hydrogens (primary N) is 1. The van der Waals surface area contributed by atoms with Crippen LogP contribution in [-0.2, 0) is 0 Å². The summed E-state index contributed by atoms with van der Waals surface area (Å²) in [6.07, 6.45) is 1.06. The summed E-state index contributed by atoms with van der Waals surface area (Å²) in [6, 6.07) is 2.30. The third-order valence-electron chi connectivity index (χ3n) is 1.88. The minimum Gasteiger partial charge on any atom is -0.368 e. The fraction of sp³-hybridized carbons (Fsp3) is 0.556. The second-order valence-electron chi connectivity index (χ2n) is 3.21. The maximum absolute atomic E-state index is 5.51. The summed E-state index contributed by atoms with van der Waals surface area (Å²) in [5.41, 5.74) is 6.40. The molecule has 0 aromatic carbocycles. The largest absolute Gasteiger partial charge is 0.368 e. The Labute approximate surface area is 78.6 Å². The smallest absolute Gasteiger partial charge is 0.222 e. The molecule has 4 nitrogen and oxygen atoms in total. The van der Waals surface area contributed by atoms with Gasteiger partial charge in [0.15, 0.2) is 0 Å². The van der Waals surface area contributed by atoms with Gasteiger partial charge in [-0.15, -0.1) is 0 Å².